The Balaban J connectivity index is 7.60. The summed E-state index contributed by atoms with van der Waals surface area (Å²) in [6.07, 6.45) is -37.5. The van der Waals surface area contributed by atoms with E-state index < -0.39 is 178 Å². The Morgan fingerprint density at radius 3 is 0.425 bits per heavy atom. The molecule has 0 aliphatic heterocycles. The molecule has 0 atom stereocenters. The van der Waals surface area contributed by atoms with Crippen molar-refractivity contribution >= 4 is 7.82 Å². The molecule has 0 bridgehead atoms. The van der Waals surface area contributed by atoms with Crippen LogP contribution in [-0.2, 0) is 18.1 Å². The third-order valence-electron chi connectivity index (χ3n) is 9.57. The molecule has 0 spiro atoms. The molecular formula is C28H12F47O4P. The summed E-state index contributed by atoms with van der Waals surface area (Å²) in [6, 6.07) is 0. The molecule has 0 rings (SSSR count). The first-order chi connectivity index (χ1) is 33.9. The Hall–Kier alpha value is -3.18. The lowest BCUT2D eigenvalue weighted by Gasteiger charge is -2.42. The molecule has 0 aromatic rings. The molecule has 4 nitrogen and oxygen atoms in total. The van der Waals surface area contributed by atoms with Crippen molar-refractivity contribution in [3.8, 4) is 0 Å². The molecule has 0 aromatic heterocycles. The summed E-state index contributed by atoms with van der Waals surface area (Å²) >= 11 is 0. The van der Waals surface area contributed by atoms with Crippen molar-refractivity contribution in [2.45, 2.75) is 150 Å². The molecular weight excluding hydrogens is 1320 g/mol. The minimum atomic E-state index is -9.46. The first-order valence-electron chi connectivity index (χ1n) is 17.8. The fourth-order valence-corrected chi connectivity index (χ4v) is 5.80. The Kier molecular flexibility index (Phi) is 19.7. The van der Waals surface area contributed by atoms with E-state index in [2.05, 4.69) is 13.6 Å². The minimum Gasteiger partial charge on any atom is -0.287 e. The van der Waals surface area contributed by atoms with Gasteiger partial charge >= 0.3 is 139 Å². The molecule has 0 aliphatic rings. The van der Waals surface area contributed by atoms with Crippen molar-refractivity contribution in [1.82, 2.24) is 0 Å². The molecule has 0 amide bonds. The summed E-state index contributed by atoms with van der Waals surface area (Å²) in [4.78, 5) is 0. The lowest BCUT2D eigenvalue weighted by molar-refractivity contribution is -0.462. The average Bonchev–Trinajstić information content (AvgIpc) is 3.20. The van der Waals surface area contributed by atoms with E-state index in [1.54, 1.807) is 0 Å². The Labute approximate surface area is 403 Å². The van der Waals surface area contributed by atoms with Crippen LogP contribution in [0.15, 0.2) is 0 Å². The minimum absolute atomic E-state index is 3.03. The van der Waals surface area contributed by atoms with Crippen LogP contribution in [-0.4, -0.2) is 151 Å². The van der Waals surface area contributed by atoms with Gasteiger partial charge in [0.05, 0.1) is 19.8 Å². The summed E-state index contributed by atoms with van der Waals surface area (Å²) in [5.74, 6) is -168. The molecule has 0 aliphatic carbocycles. The topological polar surface area (TPSA) is 44.8 Å². The maximum atomic E-state index is 14.3. The third kappa shape index (κ3) is 11.1. The number of hydrogen-bond donors (Lipinski definition) is 0. The van der Waals surface area contributed by atoms with Crippen molar-refractivity contribution in [2.75, 3.05) is 19.8 Å². The van der Waals surface area contributed by atoms with Gasteiger partial charge in [-0.2, -0.15) is 206 Å². The van der Waals surface area contributed by atoms with Crippen molar-refractivity contribution in [1.29, 1.82) is 0 Å². The smallest absolute Gasteiger partial charge is 0.287 e. The first-order valence-corrected chi connectivity index (χ1v) is 19.2. The fourth-order valence-electron chi connectivity index (χ4n) is 4.63. The lowest BCUT2D eigenvalue weighted by atomic mass is 9.88. The first kappa shape index (κ1) is 76.8. The highest BCUT2D eigenvalue weighted by molar-refractivity contribution is 7.48. The number of halogens is 47. The van der Waals surface area contributed by atoms with E-state index in [-0.39, 0.29) is 0 Å². The molecule has 80 heavy (non-hydrogen) atoms. The van der Waals surface area contributed by atoms with E-state index in [9.17, 15) is 211 Å². The Morgan fingerprint density at radius 2 is 0.300 bits per heavy atom. The maximum Gasteiger partial charge on any atom is 0.474 e. The van der Waals surface area contributed by atoms with E-state index in [1.807, 2.05) is 0 Å². The van der Waals surface area contributed by atoms with Gasteiger partial charge in [0.1, 0.15) is 0 Å². The largest absolute Gasteiger partial charge is 0.474 e. The summed E-state index contributed by atoms with van der Waals surface area (Å²) in [7, 11) is -7.90. The van der Waals surface area contributed by atoms with Gasteiger partial charge in [-0.25, -0.2) is 4.57 Å². The van der Waals surface area contributed by atoms with Crippen LogP contribution < -0.4 is 0 Å². The zero-order valence-corrected chi connectivity index (χ0v) is 36.0. The summed E-state index contributed by atoms with van der Waals surface area (Å²) in [6.45, 7) is -11.1. The quantitative estimate of drug-likeness (QED) is 0.0578. The molecule has 0 saturated carbocycles. The molecule has 0 radical (unpaired) electrons. The maximum absolute atomic E-state index is 14.3. The number of rotatable bonds is 28. The van der Waals surface area contributed by atoms with E-state index in [0.29, 0.717) is 0 Å². The molecule has 482 valence electrons. The SMILES string of the molecule is O=P(OCCC(F)(F)C(F)(F)C(F)(F)C(F)(F)C(F)(F)C(F)(F)F)(OCCC(F)(F)C(F)(F)C(F)(F)C(F)(F)C(F)(F)C(F)(F)C(F)(F)C(F)(F)F)OCCC(F)(F)C(F)(F)C(F)(F)C(F)(F)C(F)(F)C(F)(F)C(F)(F)C(F)(F)F. The van der Waals surface area contributed by atoms with Crippen LogP contribution in [0, 0.1) is 0 Å². The molecule has 0 heterocycles. The van der Waals surface area contributed by atoms with Gasteiger partial charge in [-0.05, 0) is 0 Å². The normalized spacial score (nSPS) is 16.9. The molecule has 52 heteroatoms. The zero-order chi connectivity index (χ0) is 65.9. The number of alkyl halides is 47. The number of phosphoric acid groups is 1. The second-order valence-electron chi connectivity index (χ2n) is 15.0. The van der Waals surface area contributed by atoms with Gasteiger partial charge in [0.2, 0.25) is 0 Å². The lowest BCUT2D eigenvalue weighted by Crippen LogP contribution is -2.74. The highest BCUT2D eigenvalue weighted by Crippen LogP contribution is 2.68. The van der Waals surface area contributed by atoms with E-state index in [1.165, 1.54) is 0 Å². The molecule has 0 fully saturated rings. The van der Waals surface area contributed by atoms with Crippen LogP contribution in [0.1, 0.15) is 19.3 Å². The van der Waals surface area contributed by atoms with Crippen molar-refractivity contribution in [2.24, 2.45) is 0 Å². The van der Waals surface area contributed by atoms with E-state index in [0.717, 1.165) is 0 Å². The van der Waals surface area contributed by atoms with E-state index in [4.69, 9.17) is 0 Å². The van der Waals surface area contributed by atoms with E-state index >= 15 is 0 Å². The molecule has 0 saturated heterocycles. The van der Waals surface area contributed by atoms with Gasteiger partial charge in [-0.1, -0.05) is 0 Å². The Morgan fingerprint density at radius 1 is 0.188 bits per heavy atom. The van der Waals surface area contributed by atoms with Crippen molar-refractivity contribution in [3.05, 3.63) is 0 Å². The third-order valence-corrected chi connectivity index (χ3v) is 11.1. The average molecular weight is 1340 g/mol. The van der Waals surface area contributed by atoms with Crippen LogP contribution in [0.2, 0.25) is 0 Å². The number of hydrogen-bond acceptors (Lipinski definition) is 4. The standard InChI is InChI=1S/C28H12F47O4P/c29-7(30,10(35,36)13(41,42)16(47,48)18(51,52)21(57,58)24(63,64)27(70,71)72)1-4-77-80(76,79-6-3-9(33,34)12(39,40)15(45,46)20(55,56)23(61,62)26(67,68)69)78-5-2-8(31,32)11(37,38)14(43,44)17(49,50)19(53,54)22(59,60)25(65,66)28(73,74)75/h1-6H2. The molecule has 0 aromatic carbocycles. The summed E-state index contributed by atoms with van der Waals surface area (Å²) < 4.78 is 656. The van der Waals surface area contributed by atoms with Gasteiger partial charge in [0.15, 0.2) is 0 Å². The zero-order valence-electron chi connectivity index (χ0n) is 35.1. The summed E-state index contributed by atoms with van der Waals surface area (Å²) in [5.41, 5.74) is 0. The fraction of sp³-hybridized carbons (Fsp3) is 1.00. The predicted molar refractivity (Wildman–Crippen MR) is 151 cm³/mol. The molecule has 0 unspecified atom stereocenters. The second-order valence-corrected chi connectivity index (χ2v) is 16.7. The predicted octanol–water partition coefficient (Wildman–Crippen LogP) is 17.1. The molecule has 0 N–H and O–H groups in total. The van der Waals surface area contributed by atoms with Crippen LogP contribution in [0.25, 0.3) is 0 Å². The van der Waals surface area contributed by atoms with Crippen molar-refractivity contribution < 1.29 is 224 Å². The second kappa shape index (κ2) is 20.5. The van der Waals surface area contributed by atoms with Crippen molar-refractivity contribution in [3.63, 3.8) is 0 Å². The summed E-state index contributed by atoms with van der Waals surface area (Å²) in [5, 5.41) is 0. The van der Waals surface area contributed by atoms with Crippen LogP contribution in [0.3, 0.4) is 0 Å². The van der Waals surface area contributed by atoms with Crippen LogP contribution >= 0.6 is 7.82 Å². The monoisotopic (exact) mass is 1340 g/mol. The number of phosphoric ester groups is 1. The van der Waals surface area contributed by atoms with Gasteiger partial charge in [-0.15, -0.1) is 0 Å². The van der Waals surface area contributed by atoms with Gasteiger partial charge in [0.25, 0.3) is 0 Å². The van der Waals surface area contributed by atoms with Gasteiger partial charge in [0, 0.05) is 19.3 Å². The van der Waals surface area contributed by atoms with Gasteiger partial charge in [-0.3, -0.25) is 13.6 Å². The Bertz CT molecular complexity index is 2070. The van der Waals surface area contributed by atoms with Crippen LogP contribution in [0.5, 0.6) is 0 Å². The highest BCUT2D eigenvalue weighted by atomic mass is 31.2. The highest BCUT2D eigenvalue weighted by Gasteiger charge is 2.97. The van der Waals surface area contributed by atoms with Crippen LogP contribution in [0.4, 0.5) is 206 Å². The van der Waals surface area contributed by atoms with Gasteiger partial charge < -0.3 is 0 Å².